The first kappa shape index (κ1) is 20.4. The lowest BCUT2D eigenvalue weighted by atomic mass is 10.1. The Hall–Kier alpha value is -2.87. The molecular weight excluding hydrogens is 417 g/mol. The molecule has 0 saturated carbocycles. The molecule has 5 nitrogen and oxygen atoms in total. The second kappa shape index (κ2) is 8.47. The van der Waals surface area contributed by atoms with Gasteiger partial charge in [0, 0.05) is 50.0 Å². The highest BCUT2D eigenvalue weighted by atomic mass is 35.5. The average molecular weight is 435 g/mol. The van der Waals surface area contributed by atoms with E-state index in [1.54, 1.807) is 30.5 Å². The predicted octanol–water partition coefficient (Wildman–Crippen LogP) is 5.26. The average Bonchev–Trinajstić information content (AvgIpc) is 2.76. The molecule has 3 heterocycles. The zero-order chi connectivity index (χ0) is 21.1. The van der Waals surface area contributed by atoms with E-state index in [0.717, 1.165) is 6.07 Å². The second-order valence-electron chi connectivity index (χ2n) is 6.91. The van der Waals surface area contributed by atoms with Gasteiger partial charge in [0.1, 0.15) is 17.7 Å². The molecule has 0 spiro atoms. The second-order valence-corrected chi connectivity index (χ2v) is 7.32. The number of para-hydroxylation sites is 1. The number of alkyl halides is 3. The van der Waals surface area contributed by atoms with E-state index in [4.69, 9.17) is 16.3 Å². The summed E-state index contributed by atoms with van der Waals surface area (Å²) in [5, 5.41) is 0.534. The fraction of sp³-hybridized carbons (Fsp3) is 0.286. The van der Waals surface area contributed by atoms with Gasteiger partial charge in [-0.15, -0.1) is 0 Å². The minimum absolute atomic E-state index is 0.00219. The van der Waals surface area contributed by atoms with Crippen molar-refractivity contribution in [1.82, 2.24) is 15.0 Å². The molecule has 0 bridgehead atoms. The van der Waals surface area contributed by atoms with E-state index in [2.05, 4.69) is 15.0 Å². The van der Waals surface area contributed by atoms with E-state index < -0.39 is 11.9 Å². The van der Waals surface area contributed by atoms with Crippen molar-refractivity contribution < 1.29 is 17.9 Å². The van der Waals surface area contributed by atoms with Gasteiger partial charge in [-0.2, -0.15) is 13.2 Å². The van der Waals surface area contributed by atoms with Crippen molar-refractivity contribution in [3.63, 3.8) is 0 Å². The highest BCUT2D eigenvalue weighted by molar-refractivity contribution is 6.32. The third-order valence-electron chi connectivity index (χ3n) is 4.82. The van der Waals surface area contributed by atoms with Gasteiger partial charge >= 0.3 is 6.18 Å². The van der Waals surface area contributed by atoms with Crippen LogP contribution in [0, 0.1) is 0 Å². The van der Waals surface area contributed by atoms with Gasteiger partial charge in [-0.25, -0.2) is 9.97 Å². The van der Waals surface area contributed by atoms with Crippen LogP contribution < -0.4 is 9.64 Å². The molecule has 2 aromatic heterocycles. The molecule has 0 aliphatic carbocycles. The highest BCUT2D eigenvalue weighted by Crippen LogP contribution is 2.33. The molecule has 1 aromatic carbocycles. The third kappa shape index (κ3) is 4.64. The number of rotatable bonds is 4. The molecular formula is C21H18ClF3N4O. The fourth-order valence-electron chi connectivity index (χ4n) is 3.29. The standard InChI is InChI=1S/C21H18ClF3N4O/c22-16-5-1-2-6-17(16)30-15-7-10-29(11-8-15)19-12-18(21(23,24)25)27-20(28-19)14-4-3-9-26-13-14/h1-6,9,12-13,15H,7-8,10-11H2. The van der Waals surface area contributed by atoms with Gasteiger partial charge in [-0.1, -0.05) is 23.7 Å². The summed E-state index contributed by atoms with van der Waals surface area (Å²) >= 11 is 6.14. The van der Waals surface area contributed by atoms with E-state index in [1.807, 2.05) is 17.0 Å². The maximum absolute atomic E-state index is 13.4. The molecule has 0 radical (unpaired) electrons. The number of anilines is 1. The number of piperidine rings is 1. The van der Waals surface area contributed by atoms with Crippen LogP contribution in [0.4, 0.5) is 19.0 Å². The topological polar surface area (TPSA) is 51.1 Å². The summed E-state index contributed by atoms with van der Waals surface area (Å²) in [5.74, 6) is 0.854. The van der Waals surface area contributed by atoms with Crippen molar-refractivity contribution >= 4 is 17.4 Å². The quantitative estimate of drug-likeness (QED) is 0.560. The van der Waals surface area contributed by atoms with Crippen LogP contribution in [0.25, 0.3) is 11.4 Å². The van der Waals surface area contributed by atoms with Crippen LogP contribution in [0.15, 0.2) is 54.9 Å². The SMILES string of the molecule is FC(F)(F)c1cc(N2CCC(Oc3ccccc3Cl)CC2)nc(-c2cccnc2)n1. The third-order valence-corrected chi connectivity index (χ3v) is 5.13. The normalized spacial score (nSPS) is 15.3. The number of hydrogen-bond donors (Lipinski definition) is 0. The summed E-state index contributed by atoms with van der Waals surface area (Å²) < 4.78 is 46.2. The molecule has 4 rings (SSSR count). The summed E-state index contributed by atoms with van der Waals surface area (Å²) in [6, 6.07) is 11.5. The molecule has 156 valence electrons. The minimum Gasteiger partial charge on any atom is -0.489 e. The van der Waals surface area contributed by atoms with Crippen molar-refractivity contribution in [3.05, 3.63) is 65.6 Å². The Morgan fingerprint density at radius 3 is 2.47 bits per heavy atom. The maximum Gasteiger partial charge on any atom is 0.433 e. The smallest absolute Gasteiger partial charge is 0.433 e. The molecule has 9 heteroatoms. The summed E-state index contributed by atoms with van der Waals surface area (Å²) in [4.78, 5) is 13.9. The first-order valence-electron chi connectivity index (χ1n) is 9.43. The Labute approximate surface area is 176 Å². The van der Waals surface area contributed by atoms with Crippen molar-refractivity contribution in [2.75, 3.05) is 18.0 Å². The zero-order valence-electron chi connectivity index (χ0n) is 15.8. The van der Waals surface area contributed by atoms with Crippen LogP contribution in [0.2, 0.25) is 5.02 Å². The van der Waals surface area contributed by atoms with Crippen molar-refractivity contribution in [3.8, 4) is 17.1 Å². The molecule has 0 N–H and O–H groups in total. The Morgan fingerprint density at radius 1 is 1.03 bits per heavy atom. The van der Waals surface area contributed by atoms with Crippen molar-refractivity contribution in [2.24, 2.45) is 0 Å². The molecule has 1 fully saturated rings. The fourth-order valence-corrected chi connectivity index (χ4v) is 3.47. The van der Waals surface area contributed by atoms with Crippen molar-refractivity contribution in [1.29, 1.82) is 0 Å². The zero-order valence-corrected chi connectivity index (χ0v) is 16.6. The lowest BCUT2D eigenvalue weighted by Gasteiger charge is -2.33. The molecule has 0 amide bonds. The van der Waals surface area contributed by atoms with Crippen LogP contribution in [-0.2, 0) is 6.18 Å². The number of ether oxygens (including phenoxy) is 1. The summed E-state index contributed by atoms with van der Waals surface area (Å²) in [6.45, 7) is 1.02. The molecule has 0 unspecified atom stereocenters. The Balaban J connectivity index is 1.53. The van der Waals surface area contributed by atoms with E-state index in [1.165, 1.54) is 6.20 Å². The number of pyridine rings is 1. The lowest BCUT2D eigenvalue weighted by molar-refractivity contribution is -0.141. The van der Waals surface area contributed by atoms with E-state index in [-0.39, 0.29) is 17.7 Å². The first-order valence-corrected chi connectivity index (χ1v) is 9.81. The van der Waals surface area contributed by atoms with E-state index in [9.17, 15) is 13.2 Å². The van der Waals surface area contributed by atoms with E-state index in [0.29, 0.717) is 42.3 Å². The Kier molecular flexibility index (Phi) is 5.76. The summed E-state index contributed by atoms with van der Waals surface area (Å²) in [7, 11) is 0. The van der Waals surface area contributed by atoms with Gasteiger partial charge in [0.25, 0.3) is 0 Å². The highest BCUT2D eigenvalue weighted by Gasteiger charge is 2.35. The van der Waals surface area contributed by atoms with E-state index >= 15 is 0 Å². The molecule has 1 saturated heterocycles. The largest absolute Gasteiger partial charge is 0.489 e. The maximum atomic E-state index is 13.4. The monoisotopic (exact) mass is 434 g/mol. The van der Waals surface area contributed by atoms with Crippen LogP contribution in [-0.4, -0.2) is 34.1 Å². The Morgan fingerprint density at radius 2 is 1.80 bits per heavy atom. The number of halogens is 4. The number of aromatic nitrogens is 3. The van der Waals surface area contributed by atoms with Gasteiger partial charge in [-0.3, -0.25) is 4.98 Å². The molecule has 0 atom stereocenters. The molecule has 30 heavy (non-hydrogen) atoms. The van der Waals surface area contributed by atoms with Gasteiger partial charge in [0.05, 0.1) is 5.02 Å². The van der Waals surface area contributed by atoms with Gasteiger partial charge in [0.2, 0.25) is 0 Å². The van der Waals surface area contributed by atoms with Crippen LogP contribution in [0.1, 0.15) is 18.5 Å². The number of benzene rings is 1. The first-order chi connectivity index (χ1) is 14.4. The van der Waals surface area contributed by atoms with Crippen LogP contribution in [0.3, 0.4) is 0 Å². The number of nitrogens with zero attached hydrogens (tertiary/aromatic N) is 4. The Bertz CT molecular complexity index is 1010. The summed E-state index contributed by atoms with van der Waals surface area (Å²) in [5.41, 5.74) is -0.539. The van der Waals surface area contributed by atoms with Crippen molar-refractivity contribution in [2.45, 2.75) is 25.1 Å². The van der Waals surface area contributed by atoms with Crippen LogP contribution in [0.5, 0.6) is 5.75 Å². The molecule has 1 aliphatic heterocycles. The van der Waals surface area contributed by atoms with Gasteiger partial charge in [0.15, 0.2) is 11.5 Å². The minimum atomic E-state index is -4.57. The molecule has 3 aromatic rings. The van der Waals surface area contributed by atoms with Gasteiger partial charge in [-0.05, 0) is 24.3 Å². The van der Waals surface area contributed by atoms with Crippen LogP contribution >= 0.6 is 11.6 Å². The predicted molar refractivity (Wildman–Crippen MR) is 108 cm³/mol. The van der Waals surface area contributed by atoms with Gasteiger partial charge < -0.3 is 9.64 Å². The lowest BCUT2D eigenvalue weighted by Crippen LogP contribution is -2.39. The molecule has 1 aliphatic rings. The number of hydrogen-bond acceptors (Lipinski definition) is 5. The summed E-state index contributed by atoms with van der Waals surface area (Å²) in [6.07, 6.45) is -0.370.